The van der Waals surface area contributed by atoms with Crippen LogP contribution in [0.25, 0.3) is 0 Å². The molecule has 2 unspecified atom stereocenters. The van der Waals surface area contributed by atoms with Crippen LogP contribution in [0.4, 0.5) is 26.3 Å². The van der Waals surface area contributed by atoms with Crippen molar-refractivity contribution >= 4 is 11.9 Å². The molecule has 0 aliphatic carbocycles. The average Bonchev–Trinajstić information content (AvgIpc) is 2.47. The molecule has 0 bridgehead atoms. The van der Waals surface area contributed by atoms with Gasteiger partial charge in [0.15, 0.2) is 5.60 Å². The summed E-state index contributed by atoms with van der Waals surface area (Å²) >= 11 is 0. The van der Waals surface area contributed by atoms with E-state index >= 15 is 0 Å². The Morgan fingerprint density at radius 2 is 1.76 bits per heavy atom. The zero-order valence-corrected chi connectivity index (χ0v) is 10.7. The van der Waals surface area contributed by atoms with Gasteiger partial charge in [0.25, 0.3) is 0 Å². The first-order valence-electron chi connectivity index (χ1n) is 5.39. The summed E-state index contributed by atoms with van der Waals surface area (Å²) in [5.41, 5.74) is -2.52. The summed E-state index contributed by atoms with van der Waals surface area (Å²) in [6, 6.07) is 0. The Bertz CT molecular complexity index is 444. The molecule has 0 N–H and O–H groups in total. The molecule has 1 heterocycles. The summed E-state index contributed by atoms with van der Waals surface area (Å²) in [5, 5.41) is 0. The fraction of sp³-hybridized carbons (Fsp3) is 0.800. The van der Waals surface area contributed by atoms with Crippen molar-refractivity contribution in [1.29, 1.82) is 0 Å². The third kappa shape index (κ3) is 3.57. The van der Waals surface area contributed by atoms with Gasteiger partial charge in [-0.2, -0.15) is 26.3 Å². The fourth-order valence-electron chi connectivity index (χ4n) is 1.69. The first-order valence-corrected chi connectivity index (χ1v) is 5.39. The lowest BCUT2D eigenvalue weighted by molar-refractivity contribution is -0.375. The maximum absolute atomic E-state index is 12.9. The molecule has 122 valence electrons. The molecule has 5 nitrogen and oxygen atoms in total. The number of rotatable bonds is 3. The monoisotopic (exact) mass is 324 g/mol. The molecule has 0 aromatic rings. The molecule has 1 rings (SSSR count). The van der Waals surface area contributed by atoms with E-state index in [0.717, 1.165) is 14.0 Å². The first-order chi connectivity index (χ1) is 9.25. The van der Waals surface area contributed by atoms with Gasteiger partial charge in [-0.3, -0.25) is 4.79 Å². The third-order valence-corrected chi connectivity index (χ3v) is 2.65. The van der Waals surface area contributed by atoms with Gasteiger partial charge in [0.1, 0.15) is 6.42 Å². The molecule has 21 heavy (non-hydrogen) atoms. The predicted molar refractivity (Wildman–Crippen MR) is 51.7 cm³/mol. The van der Waals surface area contributed by atoms with Gasteiger partial charge in [-0.05, 0) is 6.92 Å². The molecule has 0 amide bonds. The molecule has 11 heteroatoms. The van der Waals surface area contributed by atoms with Crippen LogP contribution in [-0.4, -0.2) is 42.8 Å². The summed E-state index contributed by atoms with van der Waals surface area (Å²) < 4.78 is 87.8. The highest BCUT2D eigenvalue weighted by Crippen LogP contribution is 2.50. The van der Waals surface area contributed by atoms with Gasteiger partial charge in [0.05, 0.1) is 13.5 Å². The number of carbonyl (C=O) groups excluding carboxylic acids is 2. The topological polar surface area (TPSA) is 61.8 Å². The van der Waals surface area contributed by atoms with Crippen LogP contribution in [0.15, 0.2) is 0 Å². The Labute approximate surface area is 114 Å². The largest absolute Gasteiger partial charge is 0.469 e. The van der Waals surface area contributed by atoms with Crippen molar-refractivity contribution in [2.45, 2.75) is 43.5 Å². The van der Waals surface area contributed by atoms with Crippen LogP contribution in [0, 0.1) is 0 Å². The van der Waals surface area contributed by atoms with E-state index in [1.807, 2.05) is 0 Å². The van der Waals surface area contributed by atoms with Crippen molar-refractivity contribution in [3.8, 4) is 0 Å². The van der Waals surface area contributed by atoms with Gasteiger partial charge in [0, 0.05) is 0 Å². The van der Waals surface area contributed by atoms with E-state index in [1.165, 1.54) is 0 Å². The summed E-state index contributed by atoms with van der Waals surface area (Å²) in [5.74, 6) is -7.04. The maximum Gasteiger partial charge on any atom is 0.456 e. The Balaban J connectivity index is 3.15. The van der Waals surface area contributed by atoms with Crippen molar-refractivity contribution in [3.63, 3.8) is 0 Å². The van der Waals surface area contributed by atoms with Crippen LogP contribution in [-0.2, 0) is 23.8 Å². The quantitative estimate of drug-likeness (QED) is 0.588. The zero-order valence-electron chi connectivity index (χ0n) is 10.7. The summed E-state index contributed by atoms with van der Waals surface area (Å²) in [4.78, 5) is 22.5. The van der Waals surface area contributed by atoms with Crippen LogP contribution < -0.4 is 0 Å². The van der Waals surface area contributed by atoms with E-state index in [9.17, 15) is 35.9 Å². The minimum atomic E-state index is -5.63. The lowest BCUT2D eigenvalue weighted by atomic mass is 10.0. The third-order valence-electron chi connectivity index (χ3n) is 2.65. The SMILES string of the molecule is COC(=O)CC1(C)OC(CC(F)(F)F)(C(F)(F)F)OC1=O. The number of cyclic esters (lactones) is 1. The average molecular weight is 324 g/mol. The van der Waals surface area contributed by atoms with Crippen LogP contribution >= 0.6 is 0 Å². The molecule has 1 aliphatic rings. The molecular weight excluding hydrogens is 314 g/mol. The second-order valence-corrected chi connectivity index (χ2v) is 4.52. The fourth-order valence-corrected chi connectivity index (χ4v) is 1.69. The van der Waals surface area contributed by atoms with Crippen molar-refractivity contribution < 1.29 is 50.1 Å². The molecule has 1 aliphatic heterocycles. The number of halogens is 6. The Kier molecular flexibility index (Phi) is 4.21. The number of methoxy groups -OCH3 is 1. The van der Waals surface area contributed by atoms with Crippen molar-refractivity contribution in [2.75, 3.05) is 7.11 Å². The standard InChI is InChI=1S/C10H10F6O5/c1-7(3-5(17)19-2)6(18)20-8(21-7,10(14,15)16)4-9(11,12)13/h3-4H2,1-2H3. The van der Waals surface area contributed by atoms with Crippen LogP contribution in [0.2, 0.25) is 0 Å². The van der Waals surface area contributed by atoms with Gasteiger partial charge in [-0.15, -0.1) is 0 Å². The second-order valence-electron chi connectivity index (χ2n) is 4.52. The number of alkyl halides is 6. The van der Waals surface area contributed by atoms with Crippen LogP contribution in [0.3, 0.4) is 0 Å². The number of ether oxygens (including phenoxy) is 3. The minimum absolute atomic E-state index is 0.718. The Morgan fingerprint density at radius 3 is 2.14 bits per heavy atom. The number of hydrogen-bond acceptors (Lipinski definition) is 5. The smallest absolute Gasteiger partial charge is 0.456 e. The van der Waals surface area contributed by atoms with Gasteiger partial charge in [0.2, 0.25) is 0 Å². The molecule has 1 saturated heterocycles. The Morgan fingerprint density at radius 1 is 1.24 bits per heavy atom. The highest BCUT2D eigenvalue weighted by Gasteiger charge is 2.72. The van der Waals surface area contributed by atoms with Crippen LogP contribution in [0.5, 0.6) is 0 Å². The zero-order chi connectivity index (χ0) is 16.7. The van der Waals surface area contributed by atoms with Gasteiger partial charge in [-0.25, -0.2) is 4.79 Å². The van der Waals surface area contributed by atoms with Crippen molar-refractivity contribution in [1.82, 2.24) is 0 Å². The number of hydrogen-bond donors (Lipinski definition) is 0. The second kappa shape index (κ2) is 5.04. The Hall–Kier alpha value is -1.52. The predicted octanol–water partition coefficient (Wildman–Crippen LogP) is 2.09. The molecule has 2 atom stereocenters. The lowest BCUT2D eigenvalue weighted by Crippen LogP contribution is -2.51. The number of carbonyl (C=O) groups is 2. The van der Waals surface area contributed by atoms with Gasteiger partial charge in [-0.1, -0.05) is 0 Å². The van der Waals surface area contributed by atoms with E-state index in [1.54, 1.807) is 0 Å². The van der Waals surface area contributed by atoms with Crippen LogP contribution in [0.1, 0.15) is 19.8 Å². The first kappa shape index (κ1) is 17.5. The molecule has 0 radical (unpaired) electrons. The van der Waals surface area contributed by atoms with Crippen molar-refractivity contribution in [3.05, 3.63) is 0 Å². The molecule has 0 spiro atoms. The minimum Gasteiger partial charge on any atom is -0.469 e. The van der Waals surface area contributed by atoms with Gasteiger partial charge >= 0.3 is 30.1 Å². The van der Waals surface area contributed by atoms with E-state index in [0.29, 0.717) is 0 Å². The summed E-state index contributed by atoms with van der Waals surface area (Å²) in [6.07, 6.45) is -14.5. The van der Waals surface area contributed by atoms with Gasteiger partial charge < -0.3 is 14.2 Å². The lowest BCUT2D eigenvalue weighted by Gasteiger charge is -2.31. The highest BCUT2D eigenvalue weighted by atomic mass is 19.4. The van der Waals surface area contributed by atoms with E-state index in [-0.39, 0.29) is 0 Å². The molecular formula is C10H10F6O5. The molecule has 0 saturated carbocycles. The summed E-state index contributed by atoms with van der Waals surface area (Å²) in [6.45, 7) is 0.718. The molecule has 1 fully saturated rings. The highest BCUT2D eigenvalue weighted by molar-refractivity contribution is 5.87. The van der Waals surface area contributed by atoms with E-state index < -0.39 is 48.5 Å². The summed E-state index contributed by atoms with van der Waals surface area (Å²) in [7, 11) is 0.888. The van der Waals surface area contributed by atoms with Crippen molar-refractivity contribution in [2.24, 2.45) is 0 Å². The maximum atomic E-state index is 12.9. The van der Waals surface area contributed by atoms with E-state index in [4.69, 9.17) is 0 Å². The number of esters is 2. The normalized spacial score (nSPS) is 30.2. The molecule has 0 aromatic heterocycles. The van der Waals surface area contributed by atoms with E-state index in [2.05, 4.69) is 14.2 Å². The molecule has 0 aromatic carbocycles.